The van der Waals surface area contributed by atoms with Crippen LogP contribution in [0.15, 0.2) is 24.3 Å². The number of carbonyl (C=O) groups excluding carboxylic acids is 1. The highest BCUT2D eigenvalue weighted by molar-refractivity contribution is 7.90. The summed E-state index contributed by atoms with van der Waals surface area (Å²) in [7, 11) is -3.51. The van der Waals surface area contributed by atoms with Gasteiger partial charge >= 0.3 is 0 Å². The quantitative estimate of drug-likeness (QED) is 0.665. The average molecular weight is 385 g/mol. The molecule has 1 saturated heterocycles. The Morgan fingerprint density at radius 2 is 1.81 bits per heavy atom. The molecule has 0 aromatic heterocycles. The largest absolute Gasteiger partial charge is 0.356 e. The zero-order chi connectivity index (χ0) is 18.8. The van der Waals surface area contributed by atoms with Gasteiger partial charge in [0.05, 0.1) is 11.5 Å². The molecule has 1 fully saturated rings. The molecule has 0 radical (unpaired) electrons. The van der Waals surface area contributed by atoms with Crippen molar-refractivity contribution in [3.8, 4) is 0 Å². The van der Waals surface area contributed by atoms with Gasteiger partial charge in [-0.1, -0.05) is 31.0 Å². The number of nitrogens with zero attached hydrogens (tertiary/aromatic N) is 1. The third-order valence-electron chi connectivity index (χ3n) is 4.65. The van der Waals surface area contributed by atoms with E-state index < -0.39 is 15.7 Å². The summed E-state index contributed by atoms with van der Waals surface area (Å²) in [6.07, 6.45) is 5.87. The first-order chi connectivity index (χ1) is 12.5. The smallest absolute Gasteiger partial charge is 0.221 e. The Morgan fingerprint density at radius 1 is 1.12 bits per heavy atom. The van der Waals surface area contributed by atoms with Gasteiger partial charge in [-0.15, -0.1) is 0 Å². The molecule has 0 aliphatic carbocycles. The Bertz CT molecular complexity index is 671. The molecule has 1 amide bonds. The summed E-state index contributed by atoms with van der Waals surface area (Å²) in [4.78, 5) is 14.3. The number of nitrogens with one attached hydrogen (secondary N) is 1. The van der Waals surface area contributed by atoms with Crippen molar-refractivity contribution in [3.63, 3.8) is 0 Å². The van der Waals surface area contributed by atoms with Crippen molar-refractivity contribution >= 4 is 15.7 Å². The van der Waals surface area contributed by atoms with Crippen LogP contribution in [-0.4, -0.2) is 51.2 Å². The van der Waals surface area contributed by atoms with Crippen molar-refractivity contribution in [2.24, 2.45) is 0 Å². The molecule has 0 saturated carbocycles. The van der Waals surface area contributed by atoms with Crippen molar-refractivity contribution in [2.45, 2.75) is 44.3 Å². The maximum Gasteiger partial charge on any atom is 0.221 e. The summed E-state index contributed by atoms with van der Waals surface area (Å²) in [5, 5.41) is 2.78. The molecule has 1 aliphatic rings. The summed E-state index contributed by atoms with van der Waals surface area (Å²) < 4.78 is 37.7. The highest BCUT2D eigenvalue weighted by atomic mass is 32.2. The third-order valence-corrected chi connectivity index (χ3v) is 6.22. The monoisotopic (exact) mass is 384 g/mol. The number of halogens is 1. The van der Waals surface area contributed by atoms with Gasteiger partial charge in [-0.2, -0.15) is 0 Å². The van der Waals surface area contributed by atoms with E-state index in [0.29, 0.717) is 6.54 Å². The van der Waals surface area contributed by atoms with Crippen LogP contribution < -0.4 is 5.32 Å². The van der Waals surface area contributed by atoms with Gasteiger partial charge in [-0.05, 0) is 45.0 Å². The normalized spacial score (nSPS) is 16.2. The molecule has 2 rings (SSSR count). The first-order valence-electron chi connectivity index (χ1n) is 9.39. The summed E-state index contributed by atoms with van der Waals surface area (Å²) in [6, 6.07) is 5.81. The van der Waals surface area contributed by atoms with Crippen LogP contribution in [0, 0.1) is 5.82 Å². The lowest BCUT2D eigenvalue weighted by Crippen LogP contribution is -2.31. The van der Waals surface area contributed by atoms with E-state index in [0.717, 1.165) is 26.1 Å². The minimum absolute atomic E-state index is 0.0828. The Kier molecular flexibility index (Phi) is 8.51. The van der Waals surface area contributed by atoms with Gasteiger partial charge in [0.1, 0.15) is 5.82 Å². The lowest BCUT2D eigenvalue weighted by molar-refractivity contribution is -0.120. The Labute approximate surface area is 155 Å². The topological polar surface area (TPSA) is 66.5 Å². The van der Waals surface area contributed by atoms with Crippen molar-refractivity contribution in [2.75, 3.05) is 31.9 Å². The summed E-state index contributed by atoms with van der Waals surface area (Å²) in [5.74, 6) is -1.44. The Hall–Kier alpha value is -1.47. The van der Waals surface area contributed by atoms with Crippen molar-refractivity contribution < 1.29 is 17.6 Å². The van der Waals surface area contributed by atoms with E-state index >= 15 is 0 Å². The van der Waals surface area contributed by atoms with Crippen molar-refractivity contribution in [1.29, 1.82) is 0 Å². The van der Waals surface area contributed by atoms with E-state index in [9.17, 15) is 17.6 Å². The first-order valence-corrected chi connectivity index (χ1v) is 11.2. The fourth-order valence-corrected chi connectivity index (χ4v) is 4.50. The lowest BCUT2D eigenvalue weighted by Gasteiger charge is -2.19. The molecule has 0 unspecified atom stereocenters. The van der Waals surface area contributed by atoms with Crippen LogP contribution in [0.4, 0.5) is 4.39 Å². The van der Waals surface area contributed by atoms with E-state index in [1.54, 1.807) is 6.07 Å². The SMILES string of the molecule is O=C(CCS(=O)(=O)Cc1ccccc1F)NCCCN1CCCCCC1. The molecule has 0 spiro atoms. The Morgan fingerprint density at radius 3 is 2.50 bits per heavy atom. The van der Waals surface area contributed by atoms with Gasteiger partial charge < -0.3 is 10.2 Å². The average Bonchev–Trinajstić information content (AvgIpc) is 2.88. The summed E-state index contributed by atoms with van der Waals surface area (Å²) in [5.41, 5.74) is 0.144. The molecule has 7 heteroatoms. The first kappa shape index (κ1) is 20.8. The van der Waals surface area contributed by atoms with Gasteiger partial charge in [0.15, 0.2) is 9.84 Å². The highest BCUT2D eigenvalue weighted by Gasteiger charge is 2.16. The number of amides is 1. The zero-order valence-corrected chi connectivity index (χ0v) is 16.1. The van der Waals surface area contributed by atoms with E-state index in [4.69, 9.17) is 0 Å². The van der Waals surface area contributed by atoms with E-state index in [1.165, 1.54) is 43.9 Å². The fourth-order valence-electron chi connectivity index (χ4n) is 3.15. The number of rotatable bonds is 9. The van der Waals surface area contributed by atoms with Crippen LogP contribution in [-0.2, 0) is 20.4 Å². The van der Waals surface area contributed by atoms with Crippen LogP contribution in [0.2, 0.25) is 0 Å². The molecule has 1 N–H and O–H groups in total. The van der Waals surface area contributed by atoms with Crippen molar-refractivity contribution in [3.05, 3.63) is 35.6 Å². The second-order valence-electron chi connectivity index (χ2n) is 6.89. The predicted octanol–water partition coefficient (Wildman–Crippen LogP) is 2.51. The molecule has 26 heavy (non-hydrogen) atoms. The minimum atomic E-state index is -3.51. The third kappa shape index (κ3) is 7.83. The number of sulfone groups is 1. The predicted molar refractivity (Wildman–Crippen MR) is 101 cm³/mol. The molecule has 146 valence electrons. The standard InChI is InChI=1S/C19H29FN2O3S/c20-18-9-4-3-8-17(18)16-26(24,25)15-10-19(23)21-11-7-14-22-12-5-1-2-6-13-22/h3-4,8-9H,1-2,5-7,10-16H2,(H,21,23). The van der Waals surface area contributed by atoms with E-state index in [2.05, 4.69) is 10.2 Å². The fraction of sp³-hybridized carbons (Fsp3) is 0.632. The second-order valence-corrected chi connectivity index (χ2v) is 9.08. The zero-order valence-electron chi connectivity index (χ0n) is 15.3. The molecular formula is C19H29FN2O3S. The van der Waals surface area contributed by atoms with Gasteiger partial charge in [0, 0.05) is 18.5 Å². The highest BCUT2D eigenvalue weighted by Crippen LogP contribution is 2.12. The maximum absolute atomic E-state index is 13.6. The van der Waals surface area contributed by atoms with Gasteiger partial charge in [0.25, 0.3) is 0 Å². The van der Waals surface area contributed by atoms with E-state index in [1.807, 2.05) is 0 Å². The van der Waals surface area contributed by atoms with Gasteiger partial charge in [-0.25, -0.2) is 12.8 Å². The van der Waals surface area contributed by atoms with Crippen LogP contribution >= 0.6 is 0 Å². The summed E-state index contributed by atoms with van der Waals surface area (Å²) in [6.45, 7) is 3.78. The number of likely N-dealkylation sites (tertiary alicyclic amines) is 1. The number of benzene rings is 1. The van der Waals surface area contributed by atoms with Crippen LogP contribution in [0.1, 0.15) is 44.1 Å². The molecule has 0 bridgehead atoms. The molecule has 5 nitrogen and oxygen atoms in total. The lowest BCUT2D eigenvalue weighted by atomic mass is 10.2. The Balaban J connectivity index is 1.63. The van der Waals surface area contributed by atoms with Crippen LogP contribution in [0.3, 0.4) is 0 Å². The molecule has 1 aromatic rings. The second kappa shape index (κ2) is 10.6. The molecule has 1 aromatic carbocycles. The maximum atomic E-state index is 13.6. The number of hydrogen-bond donors (Lipinski definition) is 1. The molecule has 0 atom stereocenters. The number of carbonyl (C=O) groups is 1. The number of hydrogen-bond acceptors (Lipinski definition) is 4. The van der Waals surface area contributed by atoms with Crippen molar-refractivity contribution in [1.82, 2.24) is 10.2 Å². The van der Waals surface area contributed by atoms with Crippen LogP contribution in [0.25, 0.3) is 0 Å². The minimum Gasteiger partial charge on any atom is -0.356 e. The molecular weight excluding hydrogens is 355 g/mol. The van der Waals surface area contributed by atoms with Gasteiger partial charge in [-0.3, -0.25) is 4.79 Å². The summed E-state index contributed by atoms with van der Waals surface area (Å²) >= 11 is 0. The molecule has 1 heterocycles. The van der Waals surface area contributed by atoms with Crippen LogP contribution in [0.5, 0.6) is 0 Å². The van der Waals surface area contributed by atoms with E-state index in [-0.39, 0.29) is 29.4 Å². The van der Waals surface area contributed by atoms with Gasteiger partial charge in [0.2, 0.25) is 5.91 Å². The molecule has 1 aliphatic heterocycles.